The molecule has 198 valence electrons. The van der Waals surface area contributed by atoms with E-state index in [1.165, 1.54) is 16.2 Å². The highest BCUT2D eigenvalue weighted by molar-refractivity contribution is 7.22. The molecule has 2 aliphatic rings. The van der Waals surface area contributed by atoms with E-state index in [2.05, 4.69) is 13.8 Å². The van der Waals surface area contributed by atoms with Gasteiger partial charge in [-0.05, 0) is 65.9 Å². The zero-order chi connectivity index (χ0) is 27.4. The van der Waals surface area contributed by atoms with Gasteiger partial charge in [-0.3, -0.25) is 14.5 Å². The van der Waals surface area contributed by atoms with E-state index in [0.29, 0.717) is 34.3 Å². The Hall–Kier alpha value is -4.17. The number of aliphatic hydroxyl groups excluding tert-OH is 1. The summed E-state index contributed by atoms with van der Waals surface area (Å²) in [6.45, 7) is 6.20. The Morgan fingerprint density at radius 3 is 2.59 bits per heavy atom. The van der Waals surface area contributed by atoms with Crippen molar-refractivity contribution in [1.82, 2.24) is 4.98 Å². The van der Waals surface area contributed by atoms with E-state index in [0.717, 1.165) is 27.1 Å². The summed E-state index contributed by atoms with van der Waals surface area (Å²) in [5.41, 5.74) is 4.02. The molecule has 0 saturated carbocycles. The first-order chi connectivity index (χ1) is 18.7. The van der Waals surface area contributed by atoms with Gasteiger partial charge in [0.05, 0.1) is 28.9 Å². The number of thiazole rings is 1. The van der Waals surface area contributed by atoms with Crippen LogP contribution in [0.25, 0.3) is 16.0 Å². The van der Waals surface area contributed by atoms with Crippen LogP contribution in [-0.2, 0) is 16.0 Å². The Bertz CT molecular complexity index is 1650. The fourth-order valence-corrected chi connectivity index (χ4v) is 6.28. The lowest BCUT2D eigenvalue weighted by Gasteiger charge is -2.23. The van der Waals surface area contributed by atoms with Gasteiger partial charge in [0, 0.05) is 12.0 Å². The number of carbonyl (C=O) groups excluding carboxylic acids is 2. The Labute approximate surface area is 230 Å². The second-order valence-corrected chi connectivity index (χ2v) is 11.3. The summed E-state index contributed by atoms with van der Waals surface area (Å²) in [6, 6.07) is 17.8. The van der Waals surface area contributed by atoms with Crippen molar-refractivity contribution < 1.29 is 24.2 Å². The second kappa shape index (κ2) is 9.54. The number of carbonyl (C=O) groups is 2. The fraction of sp³-hybridized carbons (Fsp3) is 0.258. The Morgan fingerprint density at radius 2 is 1.87 bits per heavy atom. The molecular weight excluding hydrogens is 512 g/mol. The van der Waals surface area contributed by atoms with Crippen molar-refractivity contribution in [3.8, 4) is 11.5 Å². The van der Waals surface area contributed by atoms with Crippen LogP contribution in [0.1, 0.15) is 55.0 Å². The molecule has 8 heteroatoms. The second-order valence-electron chi connectivity index (χ2n) is 10.3. The number of benzene rings is 3. The third kappa shape index (κ3) is 4.25. The quantitative estimate of drug-likeness (QED) is 0.180. The average molecular weight is 541 g/mol. The topological polar surface area (TPSA) is 89.0 Å². The van der Waals surface area contributed by atoms with Crippen molar-refractivity contribution in [2.24, 2.45) is 0 Å². The van der Waals surface area contributed by atoms with Crippen molar-refractivity contribution in [2.75, 3.05) is 12.0 Å². The van der Waals surface area contributed by atoms with E-state index < -0.39 is 17.7 Å². The number of anilines is 1. The largest absolute Gasteiger partial charge is 0.507 e. The number of aromatic nitrogens is 1. The molecule has 3 aromatic carbocycles. The number of aliphatic hydroxyl groups is 1. The summed E-state index contributed by atoms with van der Waals surface area (Å²) in [7, 11) is 1.59. The normalized spacial score (nSPS) is 20.1. The van der Waals surface area contributed by atoms with Crippen LogP contribution in [0.15, 0.2) is 66.2 Å². The SMILES string of the molecule is COc1ccc2nc(N3C(=O)C(=O)/C(=C(/O)c4ccc5c(c4)C[C@@H](C)O5)[C@H]3c3ccc(C(C)C)cc3)sc2c1. The predicted molar refractivity (Wildman–Crippen MR) is 152 cm³/mol. The molecule has 2 aliphatic heterocycles. The highest BCUT2D eigenvalue weighted by Crippen LogP contribution is 2.45. The summed E-state index contributed by atoms with van der Waals surface area (Å²) in [4.78, 5) is 33.3. The van der Waals surface area contributed by atoms with Gasteiger partial charge in [-0.1, -0.05) is 49.4 Å². The maximum atomic E-state index is 13.6. The molecule has 1 amide bonds. The number of nitrogens with zero attached hydrogens (tertiary/aromatic N) is 2. The van der Waals surface area contributed by atoms with Crippen LogP contribution in [0.3, 0.4) is 0 Å². The van der Waals surface area contributed by atoms with E-state index in [9.17, 15) is 14.7 Å². The zero-order valence-electron chi connectivity index (χ0n) is 22.1. The minimum absolute atomic E-state index is 0.0418. The summed E-state index contributed by atoms with van der Waals surface area (Å²) in [5, 5.41) is 11.9. The van der Waals surface area contributed by atoms with Gasteiger partial charge in [0.1, 0.15) is 23.4 Å². The molecule has 6 rings (SSSR count). The van der Waals surface area contributed by atoms with Gasteiger partial charge in [-0.2, -0.15) is 0 Å². The Kier molecular flexibility index (Phi) is 6.14. The number of methoxy groups -OCH3 is 1. The van der Waals surface area contributed by atoms with Crippen LogP contribution < -0.4 is 14.4 Å². The highest BCUT2D eigenvalue weighted by atomic mass is 32.1. The van der Waals surface area contributed by atoms with Crippen molar-refractivity contribution in [2.45, 2.75) is 45.3 Å². The molecule has 39 heavy (non-hydrogen) atoms. The van der Waals surface area contributed by atoms with Crippen molar-refractivity contribution in [1.29, 1.82) is 0 Å². The molecule has 3 heterocycles. The van der Waals surface area contributed by atoms with Gasteiger partial charge < -0.3 is 14.6 Å². The van der Waals surface area contributed by atoms with E-state index in [1.54, 1.807) is 25.3 Å². The van der Waals surface area contributed by atoms with E-state index >= 15 is 0 Å². The molecule has 1 aromatic heterocycles. The van der Waals surface area contributed by atoms with Crippen molar-refractivity contribution in [3.63, 3.8) is 0 Å². The lowest BCUT2D eigenvalue weighted by atomic mass is 9.93. The van der Waals surface area contributed by atoms with Crippen LogP contribution in [-0.4, -0.2) is 35.0 Å². The van der Waals surface area contributed by atoms with Gasteiger partial charge in [0.25, 0.3) is 5.78 Å². The number of ketones is 1. The lowest BCUT2D eigenvalue weighted by Crippen LogP contribution is -2.29. The van der Waals surface area contributed by atoms with Gasteiger partial charge in [-0.15, -0.1) is 0 Å². The summed E-state index contributed by atoms with van der Waals surface area (Å²) >= 11 is 1.30. The lowest BCUT2D eigenvalue weighted by molar-refractivity contribution is -0.132. The van der Waals surface area contributed by atoms with Gasteiger partial charge in [0.2, 0.25) is 0 Å². The molecule has 0 radical (unpaired) electrons. The predicted octanol–water partition coefficient (Wildman–Crippen LogP) is 6.38. The number of rotatable bonds is 5. The smallest absolute Gasteiger partial charge is 0.301 e. The molecule has 7 nitrogen and oxygen atoms in total. The van der Waals surface area contributed by atoms with Crippen molar-refractivity contribution in [3.05, 3.63) is 88.5 Å². The van der Waals surface area contributed by atoms with E-state index in [4.69, 9.17) is 14.5 Å². The Morgan fingerprint density at radius 1 is 1.10 bits per heavy atom. The maximum Gasteiger partial charge on any atom is 0.301 e. The third-order valence-corrected chi connectivity index (χ3v) is 8.34. The van der Waals surface area contributed by atoms with Crippen molar-refractivity contribution >= 4 is 44.1 Å². The average Bonchev–Trinajstić information content (AvgIpc) is 3.59. The highest BCUT2D eigenvalue weighted by Gasteiger charge is 2.48. The molecule has 0 spiro atoms. The van der Waals surface area contributed by atoms with Crippen LogP contribution in [0.5, 0.6) is 11.5 Å². The summed E-state index contributed by atoms with van der Waals surface area (Å²) < 4.78 is 12.0. The molecule has 1 saturated heterocycles. The minimum Gasteiger partial charge on any atom is -0.507 e. The number of fused-ring (bicyclic) bond motifs is 2. The van der Waals surface area contributed by atoms with Gasteiger partial charge >= 0.3 is 5.91 Å². The first-order valence-electron chi connectivity index (χ1n) is 12.9. The zero-order valence-corrected chi connectivity index (χ0v) is 22.9. The maximum absolute atomic E-state index is 13.6. The number of Topliss-reactive ketones (excluding diaryl/α,β-unsaturated/α-hetero) is 1. The first-order valence-corrected chi connectivity index (χ1v) is 13.7. The van der Waals surface area contributed by atoms with Crippen LogP contribution in [0, 0.1) is 0 Å². The number of hydrogen-bond acceptors (Lipinski definition) is 7. The molecule has 1 N–H and O–H groups in total. The monoisotopic (exact) mass is 540 g/mol. The number of ether oxygens (including phenoxy) is 2. The molecule has 0 unspecified atom stereocenters. The minimum atomic E-state index is -0.836. The summed E-state index contributed by atoms with van der Waals surface area (Å²) in [5.74, 6) is 0.0892. The molecule has 2 atom stereocenters. The number of hydrogen-bond donors (Lipinski definition) is 1. The van der Waals surface area contributed by atoms with E-state index in [1.807, 2.05) is 49.4 Å². The molecule has 4 aromatic rings. The Balaban J connectivity index is 1.52. The van der Waals surface area contributed by atoms with Gasteiger partial charge in [0.15, 0.2) is 5.13 Å². The van der Waals surface area contributed by atoms with Crippen LogP contribution in [0.2, 0.25) is 0 Å². The summed E-state index contributed by atoms with van der Waals surface area (Å²) in [6.07, 6.45) is 0.750. The first kappa shape index (κ1) is 25.1. The molecule has 0 bridgehead atoms. The van der Waals surface area contributed by atoms with Crippen LogP contribution >= 0.6 is 11.3 Å². The standard InChI is InChI=1S/C31H28N2O5S/c1-16(2)18-5-7-19(8-6-18)27-26(28(34)20-9-12-24-21(14-20)13-17(3)38-24)29(35)30(36)33(27)31-32-23-11-10-22(37-4)15-25(23)39-31/h5-12,14-17,27,34H,13H2,1-4H3/b28-26+/t17-,27-/m1/s1. The van der Waals surface area contributed by atoms with Crippen LogP contribution in [0.4, 0.5) is 5.13 Å². The molecule has 0 aliphatic carbocycles. The molecular formula is C31H28N2O5S. The third-order valence-electron chi connectivity index (χ3n) is 7.32. The van der Waals surface area contributed by atoms with E-state index in [-0.39, 0.29) is 17.4 Å². The van der Waals surface area contributed by atoms with Gasteiger partial charge in [-0.25, -0.2) is 4.98 Å². The molecule has 1 fully saturated rings. The number of amides is 1. The fourth-order valence-electron chi connectivity index (χ4n) is 5.26.